The van der Waals surface area contributed by atoms with Crippen LogP contribution in [0.4, 0.5) is 0 Å². The number of nitrogens with two attached hydrogens (primary N) is 1. The van der Waals surface area contributed by atoms with E-state index in [1.807, 2.05) is 22.3 Å². The Labute approximate surface area is 84.2 Å². The van der Waals surface area contributed by atoms with Gasteiger partial charge in [-0.25, -0.2) is 10.4 Å². The van der Waals surface area contributed by atoms with Crippen LogP contribution in [0.3, 0.4) is 0 Å². The number of thiophene rings is 1. The van der Waals surface area contributed by atoms with Crippen LogP contribution in [0.15, 0.2) is 28.4 Å². The van der Waals surface area contributed by atoms with Gasteiger partial charge in [0.05, 0.1) is 17.2 Å². The average molecular weight is 211 g/mol. The second-order valence-electron chi connectivity index (χ2n) is 2.53. The van der Waals surface area contributed by atoms with Crippen LogP contribution in [0.5, 0.6) is 0 Å². The van der Waals surface area contributed by atoms with Crippen molar-refractivity contribution in [3.63, 3.8) is 0 Å². The molecule has 2 heterocycles. The Kier molecular flexibility index (Phi) is 2.70. The molecule has 0 saturated carbocycles. The number of rotatable bonds is 3. The Hall–Kier alpha value is -0.750. The highest BCUT2D eigenvalue weighted by atomic mass is 32.1. The Morgan fingerprint density at radius 2 is 2.46 bits per heavy atom. The molecule has 2 rings (SSSR count). The first-order chi connectivity index (χ1) is 6.42. The summed E-state index contributed by atoms with van der Waals surface area (Å²) in [5, 5.41) is 4.04. The predicted molar refractivity (Wildman–Crippen MR) is 55.6 cm³/mol. The Balaban J connectivity index is 2.29. The van der Waals surface area contributed by atoms with Gasteiger partial charge in [-0.1, -0.05) is 6.07 Å². The number of hydrogen-bond donors (Lipinski definition) is 2. The molecule has 68 valence electrons. The van der Waals surface area contributed by atoms with E-state index in [1.54, 1.807) is 22.7 Å². The smallest absolute Gasteiger partial charge is 0.0981 e. The summed E-state index contributed by atoms with van der Waals surface area (Å²) in [5.74, 6) is 5.48. The maximum Gasteiger partial charge on any atom is 0.0981 e. The maximum absolute atomic E-state index is 5.48. The maximum atomic E-state index is 5.48. The van der Waals surface area contributed by atoms with E-state index in [1.165, 1.54) is 4.88 Å². The van der Waals surface area contributed by atoms with E-state index in [-0.39, 0.29) is 6.04 Å². The predicted octanol–water partition coefficient (Wildman–Crippen LogP) is 1.76. The van der Waals surface area contributed by atoms with Crippen LogP contribution in [0.25, 0.3) is 0 Å². The van der Waals surface area contributed by atoms with Gasteiger partial charge in [-0.15, -0.1) is 22.7 Å². The summed E-state index contributed by atoms with van der Waals surface area (Å²) in [6.45, 7) is 0. The number of aromatic nitrogens is 1. The van der Waals surface area contributed by atoms with Crippen molar-refractivity contribution < 1.29 is 0 Å². The van der Waals surface area contributed by atoms with E-state index in [4.69, 9.17) is 5.84 Å². The highest BCUT2D eigenvalue weighted by Gasteiger charge is 2.14. The van der Waals surface area contributed by atoms with Crippen molar-refractivity contribution in [3.05, 3.63) is 39.0 Å². The number of thiazole rings is 1. The Morgan fingerprint density at radius 3 is 3.00 bits per heavy atom. The minimum absolute atomic E-state index is 0.0336. The molecular weight excluding hydrogens is 202 g/mol. The van der Waals surface area contributed by atoms with Crippen molar-refractivity contribution in [3.8, 4) is 0 Å². The van der Waals surface area contributed by atoms with Crippen molar-refractivity contribution in [1.29, 1.82) is 0 Å². The Bertz CT molecular complexity index is 307. The fraction of sp³-hybridized carbons (Fsp3) is 0.125. The third-order valence-electron chi connectivity index (χ3n) is 1.74. The van der Waals surface area contributed by atoms with Gasteiger partial charge in [0.25, 0.3) is 0 Å². The molecule has 2 aromatic heterocycles. The lowest BCUT2D eigenvalue weighted by Gasteiger charge is -2.10. The standard InChI is InChI=1S/C8H9N3S2/c9-11-8(6-4-12-5-10-6)7-2-1-3-13-7/h1-5,8,11H,9H2. The van der Waals surface area contributed by atoms with Gasteiger partial charge >= 0.3 is 0 Å². The van der Waals surface area contributed by atoms with E-state index in [9.17, 15) is 0 Å². The van der Waals surface area contributed by atoms with E-state index < -0.39 is 0 Å². The van der Waals surface area contributed by atoms with Crippen molar-refractivity contribution >= 4 is 22.7 Å². The lowest BCUT2D eigenvalue weighted by Crippen LogP contribution is -2.28. The quantitative estimate of drug-likeness (QED) is 0.601. The van der Waals surface area contributed by atoms with Crippen LogP contribution in [0.1, 0.15) is 16.6 Å². The zero-order valence-corrected chi connectivity index (χ0v) is 8.44. The molecule has 0 saturated heterocycles. The van der Waals surface area contributed by atoms with Crippen LogP contribution < -0.4 is 11.3 Å². The molecule has 0 aliphatic rings. The first-order valence-corrected chi connectivity index (χ1v) is 5.61. The van der Waals surface area contributed by atoms with Crippen LogP contribution >= 0.6 is 22.7 Å². The molecule has 0 aliphatic carbocycles. The van der Waals surface area contributed by atoms with Crippen LogP contribution in [0, 0.1) is 0 Å². The summed E-state index contributed by atoms with van der Waals surface area (Å²) in [4.78, 5) is 5.41. The van der Waals surface area contributed by atoms with E-state index in [2.05, 4.69) is 16.5 Å². The molecule has 1 atom stereocenters. The first kappa shape index (κ1) is 8.83. The van der Waals surface area contributed by atoms with Gasteiger partial charge in [-0.3, -0.25) is 5.84 Å². The second-order valence-corrected chi connectivity index (χ2v) is 4.23. The summed E-state index contributed by atoms with van der Waals surface area (Å²) in [7, 11) is 0. The summed E-state index contributed by atoms with van der Waals surface area (Å²) in [6.07, 6.45) is 0. The molecule has 3 nitrogen and oxygen atoms in total. The van der Waals surface area contributed by atoms with Gasteiger partial charge in [0.2, 0.25) is 0 Å². The SMILES string of the molecule is NNC(c1cscn1)c1cccs1. The molecule has 3 N–H and O–H groups in total. The first-order valence-electron chi connectivity index (χ1n) is 3.79. The van der Waals surface area contributed by atoms with Gasteiger partial charge in [-0.05, 0) is 11.4 Å². The third-order valence-corrected chi connectivity index (χ3v) is 3.28. The number of hydrazine groups is 1. The molecule has 0 spiro atoms. The fourth-order valence-corrected chi connectivity index (χ4v) is 2.51. The Morgan fingerprint density at radius 1 is 1.54 bits per heavy atom. The highest BCUT2D eigenvalue weighted by molar-refractivity contribution is 7.10. The molecule has 0 fully saturated rings. The van der Waals surface area contributed by atoms with Crippen LogP contribution in [0.2, 0.25) is 0 Å². The molecule has 13 heavy (non-hydrogen) atoms. The van der Waals surface area contributed by atoms with Gasteiger partial charge in [-0.2, -0.15) is 0 Å². The summed E-state index contributed by atoms with van der Waals surface area (Å²) >= 11 is 3.25. The largest absolute Gasteiger partial charge is 0.270 e. The van der Waals surface area contributed by atoms with Crippen LogP contribution in [-0.4, -0.2) is 4.98 Å². The fourth-order valence-electron chi connectivity index (χ4n) is 1.13. The number of nitrogens with one attached hydrogen (secondary N) is 1. The third kappa shape index (κ3) is 1.78. The summed E-state index contributed by atoms with van der Waals surface area (Å²) in [6, 6.07) is 4.09. The van der Waals surface area contributed by atoms with Crippen molar-refractivity contribution in [2.24, 2.45) is 5.84 Å². The molecule has 2 aromatic rings. The molecule has 0 aromatic carbocycles. The molecule has 5 heteroatoms. The van der Waals surface area contributed by atoms with E-state index >= 15 is 0 Å². The minimum atomic E-state index is 0.0336. The lowest BCUT2D eigenvalue weighted by molar-refractivity contribution is 0.633. The average Bonchev–Trinajstić information content (AvgIpc) is 2.76. The molecule has 1 unspecified atom stereocenters. The normalized spacial score (nSPS) is 13.0. The molecule has 0 radical (unpaired) electrons. The van der Waals surface area contributed by atoms with Gasteiger partial charge in [0, 0.05) is 10.3 Å². The van der Waals surface area contributed by atoms with Gasteiger partial charge in [0.1, 0.15) is 0 Å². The van der Waals surface area contributed by atoms with Crippen LogP contribution in [-0.2, 0) is 0 Å². The monoisotopic (exact) mass is 211 g/mol. The molecule has 0 bridgehead atoms. The number of nitrogens with zero attached hydrogens (tertiary/aromatic N) is 1. The highest BCUT2D eigenvalue weighted by Crippen LogP contribution is 2.24. The summed E-state index contributed by atoms with van der Waals surface area (Å²) < 4.78 is 0. The van der Waals surface area contributed by atoms with Gasteiger partial charge < -0.3 is 0 Å². The lowest BCUT2D eigenvalue weighted by atomic mass is 10.2. The second kappa shape index (κ2) is 3.97. The van der Waals surface area contributed by atoms with Gasteiger partial charge in [0.15, 0.2) is 0 Å². The molecular formula is C8H9N3S2. The van der Waals surface area contributed by atoms with Crippen molar-refractivity contribution in [2.45, 2.75) is 6.04 Å². The molecule has 0 amide bonds. The van der Waals surface area contributed by atoms with Crippen molar-refractivity contribution in [2.75, 3.05) is 0 Å². The molecule has 0 aliphatic heterocycles. The number of hydrogen-bond acceptors (Lipinski definition) is 5. The van der Waals surface area contributed by atoms with Crippen molar-refractivity contribution in [1.82, 2.24) is 10.4 Å². The van der Waals surface area contributed by atoms with E-state index in [0.29, 0.717) is 0 Å². The minimum Gasteiger partial charge on any atom is -0.270 e. The zero-order valence-electron chi connectivity index (χ0n) is 6.81. The summed E-state index contributed by atoms with van der Waals surface area (Å²) in [5.41, 5.74) is 5.56. The zero-order chi connectivity index (χ0) is 9.10. The van der Waals surface area contributed by atoms with E-state index in [0.717, 1.165) is 5.69 Å². The topological polar surface area (TPSA) is 50.9 Å².